The Hall–Kier alpha value is -2.67. The molecule has 2 N–H and O–H groups in total. The summed E-state index contributed by atoms with van der Waals surface area (Å²) in [4.78, 5) is 19.6. The van der Waals surface area contributed by atoms with Crippen molar-refractivity contribution in [2.24, 2.45) is 0 Å². The van der Waals surface area contributed by atoms with E-state index in [1.54, 1.807) is 24.4 Å². The molecule has 1 aromatic carbocycles. The number of carbonyl (C=O) groups is 1. The van der Waals surface area contributed by atoms with Gasteiger partial charge in [-0.2, -0.15) is 4.98 Å². The van der Waals surface area contributed by atoms with Gasteiger partial charge in [0.2, 0.25) is 11.8 Å². The number of hydrogen-bond donors (Lipinski definition) is 1. The van der Waals surface area contributed by atoms with Crippen LogP contribution in [0.25, 0.3) is 10.1 Å². The average molecular weight is 315 g/mol. The van der Waals surface area contributed by atoms with E-state index in [4.69, 9.17) is 15.2 Å². The number of ether oxygens (including phenoxy) is 2. The molecule has 0 aliphatic heterocycles. The minimum atomic E-state index is -0.314. The van der Waals surface area contributed by atoms with Gasteiger partial charge in [-0.25, -0.2) is 9.78 Å². The molecule has 0 fully saturated rings. The normalized spacial score (nSPS) is 10.6. The van der Waals surface area contributed by atoms with Crippen molar-refractivity contribution in [3.63, 3.8) is 0 Å². The van der Waals surface area contributed by atoms with Gasteiger partial charge in [-0.3, -0.25) is 0 Å². The van der Waals surface area contributed by atoms with Gasteiger partial charge in [-0.15, -0.1) is 11.3 Å². The number of nitrogen functional groups attached to an aromatic ring is 1. The monoisotopic (exact) mass is 315 g/mol. The standard InChI is InChI=1S/C15H13N3O3S/c1-2-20-14(19)11-8-22-12-7-9(3-4-10(11)12)21-13-5-6-17-15(16)18-13/h3-8H,2H2,1H3,(H2,16,17,18). The van der Waals surface area contributed by atoms with Gasteiger partial charge in [0.05, 0.1) is 12.2 Å². The SMILES string of the molecule is CCOC(=O)c1csc2cc(Oc3ccnc(N)n3)ccc12. The van der Waals surface area contributed by atoms with Crippen LogP contribution in [0.1, 0.15) is 17.3 Å². The Kier molecular flexibility index (Phi) is 3.88. The summed E-state index contributed by atoms with van der Waals surface area (Å²) in [5.74, 6) is 0.821. The van der Waals surface area contributed by atoms with Crippen molar-refractivity contribution < 1.29 is 14.3 Å². The number of benzene rings is 1. The summed E-state index contributed by atoms with van der Waals surface area (Å²) in [6.07, 6.45) is 1.53. The minimum Gasteiger partial charge on any atom is -0.462 e. The van der Waals surface area contributed by atoms with Crippen LogP contribution in [0.2, 0.25) is 0 Å². The molecule has 0 radical (unpaired) electrons. The molecule has 22 heavy (non-hydrogen) atoms. The molecule has 3 aromatic rings. The van der Waals surface area contributed by atoms with Crippen LogP contribution < -0.4 is 10.5 Å². The molecular formula is C15H13N3O3S. The van der Waals surface area contributed by atoms with Crippen LogP contribution in [0.3, 0.4) is 0 Å². The Morgan fingerprint density at radius 3 is 3.00 bits per heavy atom. The lowest BCUT2D eigenvalue weighted by molar-refractivity contribution is 0.0529. The van der Waals surface area contributed by atoms with Crippen molar-refractivity contribution in [1.82, 2.24) is 9.97 Å². The molecule has 0 amide bonds. The zero-order chi connectivity index (χ0) is 15.5. The predicted molar refractivity (Wildman–Crippen MR) is 84.3 cm³/mol. The van der Waals surface area contributed by atoms with Crippen LogP contribution in [0.15, 0.2) is 35.8 Å². The number of carbonyl (C=O) groups excluding carboxylic acids is 1. The van der Waals surface area contributed by atoms with Gasteiger partial charge in [0.1, 0.15) is 5.75 Å². The maximum atomic E-state index is 11.9. The summed E-state index contributed by atoms with van der Waals surface area (Å²) >= 11 is 1.46. The number of esters is 1. The summed E-state index contributed by atoms with van der Waals surface area (Å²) in [7, 11) is 0. The Balaban J connectivity index is 1.89. The van der Waals surface area contributed by atoms with Gasteiger partial charge in [0, 0.05) is 27.7 Å². The lowest BCUT2D eigenvalue weighted by Crippen LogP contribution is -2.03. The third-order valence-electron chi connectivity index (χ3n) is 2.91. The molecule has 2 heterocycles. The van der Waals surface area contributed by atoms with E-state index in [0.29, 0.717) is 23.8 Å². The van der Waals surface area contributed by atoms with E-state index in [9.17, 15) is 4.79 Å². The van der Waals surface area contributed by atoms with E-state index in [1.165, 1.54) is 17.5 Å². The lowest BCUT2D eigenvalue weighted by atomic mass is 10.2. The van der Waals surface area contributed by atoms with Crippen LogP contribution >= 0.6 is 11.3 Å². The average Bonchev–Trinajstić information content (AvgIpc) is 2.90. The fourth-order valence-corrected chi connectivity index (χ4v) is 2.93. The third-order valence-corrected chi connectivity index (χ3v) is 3.86. The van der Waals surface area contributed by atoms with Gasteiger partial charge in [0.25, 0.3) is 0 Å². The lowest BCUT2D eigenvalue weighted by Gasteiger charge is -2.05. The molecular weight excluding hydrogens is 302 g/mol. The number of thiophene rings is 1. The fraction of sp³-hybridized carbons (Fsp3) is 0.133. The van der Waals surface area contributed by atoms with Crippen LogP contribution in [-0.4, -0.2) is 22.5 Å². The maximum Gasteiger partial charge on any atom is 0.339 e. The molecule has 0 saturated heterocycles. The smallest absolute Gasteiger partial charge is 0.339 e. The van der Waals surface area contributed by atoms with Crippen LogP contribution in [0.4, 0.5) is 5.95 Å². The molecule has 0 spiro atoms. The highest BCUT2D eigenvalue weighted by molar-refractivity contribution is 7.17. The Labute approximate surface area is 130 Å². The van der Waals surface area contributed by atoms with Crippen molar-refractivity contribution in [3.05, 3.63) is 41.4 Å². The number of rotatable bonds is 4. The molecule has 0 atom stereocenters. The highest BCUT2D eigenvalue weighted by atomic mass is 32.1. The summed E-state index contributed by atoms with van der Waals surface area (Å²) in [5, 5.41) is 2.63. The van der Waals surface area contributed by atoms with Crippen molar-refractivity contribution >= 4 is 33.3 Å². The second kappa shape index (κ2) is 5.98. The van der Waals surface area contributed by atoms with Gasteiger partial charge >= 0.3 is 5.97 Å². The Morgan fingerprint density at radius 2 is 2.23 bits per heavy atom. The van der Waals surface area contributed by atoms with E-state index in [2.05, 4.69) is 9.97 Å². The van der Waals surface area contributed by atoms with E-state index in [0.717, 1.165) is 10.1 Å². The minimum absolute atomic E-state index is 0.152. The first-order valence-corrected chi connectivity index (χ1v) is 7.50. The second-order valence-electron chi connectivity index (χ2n) is 4.38. The summed E-state index contributed by atoms with van der Waals surface area (Å²) in [6.45, 7) is 2.14. The number of fused-ring (bicyclic) bond motifs is 1. The molecule has 3 rings (SSSR count). The molecule has 2 aromatic heterocycles. The van der Waals surface area contributed by atoms with Gasteiger partial charge < -0.3 is 15.2 Å². The maximum absolute atomic E-state index is 11.9. The number of nitrogens with two attached hydrogens (primary N) is 1. The largest absolute Gasteiger partial charge is 0.462 e. The topological polar surface area (TPSA) is 87.3 Å². The van der Waals surface area contributed by atoms with Gasteiger partial charge in [0.15, 0.2) is 0 Å². The Bertz CT molecular complexity index is 832. The first-order chi connectivity index (χ1) is 10.7. The molecule has 0 unspecified atom stereocenters. The summed E-state index contributed by atoms with van der Waals surface area (Å²) in [6, 6.07) is 7.08. The van der Waals surface area contributed by atoms with Crippen molar-refractivity contribution in [2.75, 3.05) is 12.3 Å². The zero-order valence-corrected chi connectivity index (χ0v) is 12.6. The predicted octanol–water partition coefficient (Wildman–Crippen LogP) is 3.24. The number of nitrogens with zero attached hydrogens (tertiary/aromatic N) is 2. The Morgan fingerprint density at radius 1 is 1.36 bits per heavy atom. The van der Waals surface area contributed by atoms with Crippen LogP contribution in [-0.2, 0) is 4.74 Å². The molecule has 112 valence electrons. The first-order valence-electron chi connectivity index (χ1n) is 6.62. The molecule has 0 bridgehead atoms. The number of anilines is 1. The van der Waals surface area contributed by atoms with Gasteiger partial charge in [-0.1, -0.05) is 0 Å². The van der Waals surface area contributed by atoms with E-state index in [1.807, 2.05) is 12.1 Å². The van der Waals surface area contributed by atoms with Crippen molar-refractivity contribution in [2.45, 2.75) is 6.92 Å². The fourth-order valence-electron chi connectivity index (χ4n) is 1.97. The molecule has 0 saturated carbocycles. The summed E-state index contributed by atoms with van der Waals surface area (Å²) in [5.41, 5.74) is 6.09. The highest BCUT2D eigenvalue weighted by Crippen LogP contribution is 2.31. The zero-order valence-electron chi connectivity index (χ0n) is 11.8. The second-order valence-corrected chi connectivity index (χ2v) is 5.29. The molecule has 0 aliphatic rings. The van der Waals surface area contributed by atoms with Crippen molar-refractivity contribution in [3.8, 4) is 11.6 Å². The third kappa shape index (κ3) is 2.84. The van der Waals surface area contributed by atoms with E-state index >= 15 is 0 Å². The molecule has 7 heteroatoms. The summed E-state index contributed by atoms with van der Waals surface area (Å²) < 4.78 is 11.6. The molecule has 0 aliphatic carbocycles. The number of aromatic nitrogens is 2. The molecule has 6 nitrogen and oxygen atoms in total. The van der Waals surface area contributed by atoms with Crippen LogP contribution in [0.5, 0.6) is 11.6 Å². The highest BCUT2D eigenvalue weighted by Gasteiger charge is 2.13. The van der Waals surface area contributed by atoms with E-state index in [-0.39, 0.29) is 11.9 Å². The van der Waals surface area contributed by atoms with Crippen molar-refractivity contribution in [1.29, 1.82) is 0 Å². The van der Waals surface area contributed by atoms with E-state index < -0.39 is 0 Å². The first kappa shape index (κ1) is 14.3. The quantitative estimate of drug-likeness (QED) is 0.744. The van der Waals surface area contributed by atoms with Gasteiger partial charge in [-0.05, 0) is 25.1 Å². The van der Waals surface area contributed by atoms with Crippen LogP contribution in [0, 0.1) is 0 Å². The number of hydrogen-bond acceptors (Lipinski definition) is 7.